The SMILES string of the molecule is C=Cc1cccc(C(C(=O)Nc2c(C)cccc2C)N(CC)C(=O)CNC(=O)OC(C)(C)C)c1. The maximum absolute atomic E-state index is 13.6. The van der Waals surface area contributed by atoms with Gasteiger partial charge in [-0.05, 0) is 69.9 Å². The van der Waals surface area contributed by atoms with Crippen LogP contribution >= 0.6 is 0 Å². The summed E-state index contributed by atoms with van der Waals surface area (Å²) in [6.45, 7) is 14.6. The summed E-state index contributed by atoms with van der Waals surface area (Å²) < 4.78 is 5.22. The number of benzene rings is 2. The number of aryl methyl sites for hydroxylation is 2. The zero-order chi connectivity index (χ0) is 25.5. The Kier molecular flexibility index (Phi) is 9.01. The number of ether oxygens (including phenoxy) is 1. The van der Waals surface area contributed by atoms with Crippen molar-refractivity contribution in [3.8, 4) is 0 Å². The van der Waals surface area contributed by atoms with Gasteiger partial charge in [0.1, 0.15) is 18.2 Å². The van der Waals surface area contributed by atoms with Crippen LogP contribution in [0.15, 0.2) is 49.0 Å². The van der Waals surface area contributed by atoms with Crippen molar-refractivity contribution in [2.75, 3.05) is 18.4 Å². The minimum absolute atomic E-state index is 0.262. The second-order valence-electron chi connectivity index (χ2n) is 9.07. The van der Waals surface area contributed by atoms with Crippen molar-refractivity contribution in [3.63, 3.8) is 0 Å². The van der Waals surface area contributed by atoms with E-state index in [1.54, 1.807) is 39.8 Å². The molecule has 0 aliphatic heterocycles. The topological polar surface area (TPSA) is 87.7 Å². The van der Waals surface area contributed by atoms with Gasteiger partial charge in [-0.1, -0.05) is 49.1 Å². The van der Waals surface area contributed by atoms with Crippen molar-refractivity contribution in [2.24, 2.45) is 0 Å². The molecule has 1 atom stereocenters. The summed E-state index contributed by atoms with van der Waals surface area (Å²) in [5, 5.41) is 5.50. The highest BCUT2D eigenvalue weighted by Crippen LogP contribution is 2.27. The smallest absolute Gasteiger partial charge is 0.408 e. The van der Waals surface area contributed by atoms with Crippen LogP contribution in [0.1, 0.15) is 56.0 Å². The molecule has 7 nitrogen and oxygen atoms in total. The third-order valence-corrected chi connectivity index (χ3v) is 5.20. The fourth-order valence-corrected chi connectivity index (χ4v) is 3.60. The van der Waals surface area contributed by atoms with E-state index in [4.69, 9.17) is 4.74 Å². The van der Waals surface area contributed by atoms with Gasteiger partial charge in [0.25, 0.3) is 5.91 Å². The first kappa shape index (κ1) is 26.6. The monoisotopic (exact) mass is 465 g/mol. The van der Waals surface area contributed by atoms with Crippen LogP contribution in [-0.2, 0) is 14.3 Å². The molecule has 3 amide bonds. The number of carbonyl (C=O) groups excluding carboxylic acids is 3. The summed E-state index contributed by atoms with van der Waals surface area (Å²) in [5.41, 5.74) is 3.36. The van der Waals surface area contributed by atoms with E-state index in [1.807, 2.05) is 50.2 Å². The van der Waals surface area contributed by atoms with Crippen molar-refractivity contribution in [1.82, 2.24) is 10.2 Å². The van der Waals surface area contributed by atoms with Gasteiger partial charge in [-0.25, -0.2) is 4.79 Å². The van der Waals surface area contributed by atoms with Crippen molar-refractivity contribution in [2.45, 2.75) is 53.2 Å². The Morgan fingerprint density at radius 1 is 1.09 bits per heavy atom. The highest BCUT2D eigenvalue weighted by atomic mass is 16.6. The van der Waals surface area contributed by atoms with Crippen LogP contribution in [0, 0.1) is 13.8 Å². The average molecular weight is 466 g/mol. The highest BCUT2D eigenvalue weighted by molar-refractivity contribution is 5.99. The lowest BCUT2D eigenvalue weighted by atomic mass is 10.0. The van der Waals surface area contributed by atoms with Gasteiger partial charge in [-0.3, -0.25) is 9.59 Å². The molecule has 2 N–H and O–H groups in total. The van der Waals surface area contributed by atoms with E-state index in [1.165, 1.54) is 4.90 Å². The normalized spacial score (nSPS) is 11.8. The molecule has 0 saturated carbocycles. The summed E-state index contributed by atoms with van der Waals surface area (Å²) in [4.78, 5) is 40.3. The van der Waals surface area contributed by atoms with Crippen molar-refractivity contribution >= 4 is 29.7 Å². The standard InChI is InChI=1S/C27H35N3O4/c1-8-20-14-11-15-21(16-20)24(25(32)29-23-18(3)12-10-13-19(23)4)30(9-2)22(31)17-28-26(33)34-27(5,6)7/h8,10-16,24H,1,9,17H2,2-7H3,(H,28,33)(H,29,32). The van der Waals surface area contributed by atoms with Crippen LogP contribution in [0.4, 0.5) is 10.5 Å². The number of nitrogens with one attached hydrogen (secondary N) is 2. The Balaban J connectivity index is 2.36. The molecule has 2 aromatic rings. The summed E-state index contributed by atoms with van der Waals surface area (Å²) in [6.07, 6.45) is 0.994. The zero-order valence-corrected chi connectivity index (χ0v) is 20.9. The van der Waals surface area contributed by atoms with Crippen molar-refractivity contribution in [1.29, 1.82) is 0 Å². The third-order valence-electron chi connectivity index (χ3n) is 5.20. The Labute approximate surface area is 202 Å². The van der Waals surface area contributed by atoms with E-state index < -0.39 is 23.6 Å². The Hall–Kier alpha value is -3.61. The predicted molar refractivity (Wildman–Crippen MR) is 135 cm³/mol. The molecule has 2 rings (SSSR count). The van der Waals surface area contributed by atoms with Crippen molar-refractivity contribution < 1.29 is 19.1 Å². The fraction of sp³-hybridized carbons (Fsp3) is 0.370. The Morgan fingerprint density at radius 3 is 2.26 bits per heavy atom. The van der Waals surface area contributed by atoms with Gasteiger partial charge < -0.3 is 20.3 Å². The summed E-state index contributed by atoms with van der Waals surface area (Å²) >= 11 is 0. The highest BCUT2D eigenvalue weighted by Gasteiger charge is 2.31. The van der Waals surface area contributed by atoms with Gasteiger partial charge in [0.2, 0.25) is 5.91 Å². The van der Waals surface area contributed by atoms with Gasteiger partial charge >= 0.3 is 6.09 Å². The number of likely N-dealkylation sites (N-methyl/N-ethyl adjacent to an activating group) is 1. The number of anilines is 1. The molecule has 34 heavy (non-hydrogen) atoms. The zero-order valence-electron chi connectivity index (χ0n) is 20.9. The molecule has 182 valence electrons. The second kappa shape index (κ2) is 11.5. The van der Waals surface area contributed by atoms with Gasteiger partial charge in [-0.2, -0.15) is 0 Å². The summed E-state index contributed by atoms with van der Waals surface area (Å²) in [6, 6.07) is 12.2. The number of amides is 3. The predicted octanol–water partition coefficient (Wildman–Crippen LogP) is 5.00. The van der Waals surface area contributed by atoms with Crippen LogP contribution in [0.5, 0.6) is 0 Å². The molecule has 2 aromatic carbocycles. The molecule has 0 radical (unpaired) electrons. The number of carbonyl (C=O) groups is 3. The lowest BCUT2D eigenvalue weighted by molar-refractivity contribution is -0.138. The summed E-state index contributed by atoms with van der Waals surface area (Å²) in [7, 11) is 0. The molecule has 0 aromatic heterocycles. The largest absolute Gasteiger partial charge is 0.444 e. The molecule has 1 unspecified atom stereocenters. The lowest BCUT2D eigenvalue weighted by Crippen LogP contribution is -2.46. The van der Waals surface area contributed by atoms with Gasteiger partial charge in [0.15, 0.2) is 0 Å². The number of nitrogens with zero attached hydrogens (tertiary/aromatic N) is 1. The first-order chi connectivity index (χ1) is 16.0. The molecule has 0 aliphatic carbocycles. The molecule has 0 spiro atoms. The second-order valence-corrected chi connectivity index (χ2v) is 9.07. The molecule has 0 heterocycles. The van der Waals surface area contributed by atoms with E-state index in [2.05, 4.69) is 17.2 Å². The number of para-hydroxylation sites is 1. The average Bonchev–Trinajstić information content (AvgIpc) is 2.77. The van der Waals surface area contributed by atoms with E-state index in [0.717, 1.165) is 16.7 Å². The molecule has 7 heteroatoms. The first-order valence-electron chi connectivity index (χ1n) is 11.3. The van der Waals surface area contributed by atoms with Crippen molar-refractivity contribution in [3.05, 3.63) is 71.3 Å². The fourth-order valence-electron chi connectivity index (χ4n) is 3.60. The maximum atomic E-state index is 13.6. The number of rotatable bonds is 8. The van der Waals surface area contributed by atoms with E-state index in [-0.39, 0.29) is 19.0 Å². The Morgan fingerprint density at radius 2 is 1.71 bits per heavy atom. The van der Waals surface area contributed by atoms with Crippen LogP contribution in [0.3, 0.4) is 0 Å². The third kappa shape index (κ3) is 7.20. The van der Waals surface area contributed by atoms with E-state index >= 15 is 0 Å². The molecular weight excluding hydrogens is 430 g/mol. The first-order valence-corrected chi connectivity index (χ1v) is 11.3. The van der Waals surface area contributed by atoms with E-state index in [0.29, 0.717) is 11.3 Å². The quantitative estimate of drug-likeness (QED) is 0.574. The molecule has 0 saturated heterocycles. The minimum atomic E-state index is -0.906. The lowest BCUT2D eigenvalue weighted by Gasteiger charge is -2.31. The molecule has 0 aliphatic rings. The van der Waals surface area contributed by atoms with Crippen LogP contribution in [0.25, 0.3) is 6.08 Å². The van der Waals surface area contributed by atoms with Crippen LogP contribution < -0.4 is 10.6 Å². The van der Waals surface area contributed by atoms with Crippen LogP contribution in [-0.4, -0.2) is 41.5 Å². The molecular formula is C27H35N3O4. The molecule has 0 fully saturated rings. The van der Waals surface area contributed by atoms with Gasteiger partial charge in [0.05, 0.1) is 0 Å². The number of hydrogen-bond donors (Lipinski definition) is 2. The maximum Gasteiger partial charge on any atom is 0.408 e. The van der Waals surface area contributed by atoms with E-state index in [9.17, 15) is 14.4 Å². The minimum Gasteiger partial charge on any atom is -0.444 e. The van der Waals surface area contributed by atoms with Gasteiger partial charge in [-0.15, -0.1) is 0 Å². The number of alkyl carbamates (subject to hydrolysis) is 1. The van der Waals surface area contributed by atoms with Crippen LogP contribution in [0.2, 0.25) is 0 Å². The Bertz CT molecular complexity index is 1040. The summed E-state index contributed by atoms with van der Waals surface area (Å²) in [5.74, 6) is -0.745. The van der Waals surface area contributed by atoms with Gasteiger partial charge in [0, 0.05) is 12.2 Å². The molecule has 0 bridgehead atoms. The number of hydrogen-bond acceptors (Lipinski definition) is 4.